The number of morpholine rings is 1. The summed E-state index contributed by atoms with van der Waals surface area (Å²) >= 11 is 0. The lowest BCUT2D eigenvalue weighted by molar-refractivity contribution is -0.137. The second-order valence-electron chi connectivity index (χ2n) is 10.6. The molecule has 1 aromatic rings. The number of hydrogen-bond acceptors (Lipinski definition) is 5. The van der Waals surface area contributed by atoms with Crippen molar-refractivity contribution in [1.29, 1.82) is 0 Å². The highest BCUT2D eigenvalue weighted by molar-refractivity contribution is 5.76. The molecule has 176 valence electrons. The number of aliphatic hydroxyl groups excluding tert-OH is 1. The van der Waals surface area contributed by atoms with Crippen LogP contribution in [0.4, 0.5) is 10.1 Å². The van der Waals surface area contributed by atoms with Gasteiger partial charge in [-0.3, -0.25) is 4.79 Å². The van der Waals surface area contributed by atoms with Crippen LogP contribution in [-0.4, -0.2) is 56.6 Å². The summed E-state index contributed by atoms with van der Waals surface area (Å²) in [5, 5.41) is 12.5. The number of anilines is 1. The Hall–Kier alpha value is -1.70. The smallest absolute Gasteiger partial charge is 0.222 e. The molecule has 7 heteroatoms. The van der Waals surface area contributed by atoms with E-state index in [2.05, 4.69) is 19.2 Å². The number of carbonyl (C=O) groups is 1. The van der Waals surface area contributed by atoms with E-state index in [1.807, 2.05) is 17.0 Å². The van der Waals surface area contributed by atoms with E-state index in [1.54, 1.807) is 6.07 Å². The summed E-state index contributed by atoms with van der Waals surface area (Å²) in [4.78, 5) is 14.5. The maximum atomic E-state index is 15.2. The van der Waals surface area contributed by atoms with Crippen molar-refractivity contribution in [3.05, 3.63) is 29.6 Å². The van der Waals surface area contributed by atoms with Gasteiger partial charge in [-0.25, -0.2) is 4.39 Å². The Morgan fingerprint density at radius 3 is 2.78 bits per heavy atom. The number of amides is 1. The predicted molar refractivity (Wildman–Crippen MR) is 119 cm³/mol. The highest BCUT2D eigenvalue weighted by atomic mass is 19.1. The molecule has 0 radical (unpaired) electrons. The van der Waals surface area contributed by atoms with Crippen LogP contribution < -0.4 is 10.2 Å². The molecule has 5 atom stereocenters. The molecule has 0 aromatic heterocycles. The molecule has 2 aliphatic heterocycles. The minimum Gasteiger partial charge on any atom is -0.396 e. The first-order chi connectivity index (χ1) is 15.4. The van der Waals surface area contributed by atoms with E-state index < -0.39 is 0 Å². The number of hydrogen-bond donors (Lipinski definition) is 2. The van der Waals surface area contributed by atoms with Gasteiger partial charge in [-0.15, -0.1) is 0 Å². The molecule has 1 aromatic carbocycles. The summed E-state index contributed by atoms with van der Waals surface area (Å²) in [5.74, 6) is 0.454. The molecule has 2 heterocycles. The third-order valence-electron chi connectivity index (χ3n) is 8.80. The van der Waals surface area contributed by atoms with Crippen LogP contribution in [0.2, 0.25) is 0 Å². The molecule has 32 heavy (non-hydrogen) atoms. The van der Waals surface area contributed by atoms with Crippen molar-refractivity contribution < 1.29 is 23.8 Å². The first-order valence-electron chi connectivity index (χ1n) is 12.0. The molecule has 2 bridgehead atoms. The predicted octanol–water partition coefficient (Wildman–Crippen LogP) is 3.04. The van der Waals surface area contributed by atoms with Crippen LogP contribution >= 0.6 is 0 Å². The summed E-state index contributed by atoms with van der Waals surface area (Å²) in [6, 6.07) is 5.61. The highest BCUT2D eigenvalue weighted by Crippen LogP contribution is 2.70. The molecule has 2 N–H and O–H groups in total. The van der Waals surface area contributed by atoms with Gasteiger partial charge in [0.1, 0.15) is 5.82 Å². The standard InChI is InChI=1S/C25H35FN2O4/c1-24(2)17-14-18-22(16-3-4-20(19(26)13-16)28-7-11-31-12-8-28)32-10-6-25(18,15-17)23(24)27-21(30)5-9-29/h3-4,13,17-18,22-23,29H,5-12,14-15H2,1-2H3,(H,27,30)/t17-,18-,22-,23+,25?/m1/s1. The van der Waals surface area contributed by atoms with Crippen molar-refractivity contribution in [2.45, 2.75) is 51.7 Å². The lowest BCUT2D eigenvalue weighted by atomic mass is 9.59. The zero-order valence-electron chi connectivity index (χ0n) is 19.1. The van der Waals surface area contributed by atoms with Crippen LogP contribution in [-0.2, 0) is 14.3 Å². The zero-order chi connectivity index (χ0) is 22.5. The Labute approximate surface area is 189 Å². The first-order valence-corrected chi connectivity index (χ1v) is 12.0. The normalized spacial score (nSPS) is 35.6. The molecule has 1 unspecified atom stereocenters. The van der Waals surface area contributed by atoms with E-state index in [-0.39, 0.29) is 53.6 Å². The fourth-order valence-corrected chi connectivity index (χ4v) is 7.21. The Balaban J connectivity index is 1.42. The van der Waals surface area contributed by atoms with Crippen LogP contribution in [0.3, 0.4) is 0 Å². The van der Waals surface area contributed by atoms with E-state index in [4.69, 9.17) is 9.47 Å². The lowest BCUT2D eigenvalue weighted by Crippen LogP contribution is -2.59. The van der Waals surface area contributed by atoms with Crippen LogP contribution in [0.5, 0.6) is 0 Å². The summed E-state index contributed by atoms with van der Waals surface area (Å²) in [6.45, 7) is 7.64. The molecule has 2 saturated carbocycles. The third kappa shape index (κ3) is 3.44. The number of carbonyl (C=O) groups excluding carboxylic acids is 1. The summed E-state index contributed by atoms with van der Waals surface area (Å²) in [6.07, 6.45) is 2.99. The van der Waals surface area contributed by atoms with Gasteiger partial charge in [0.15, 0.2) is 0 Å². The number of nitrogens with zero attached hydrogens (tertiary/aromatic N) is 1. The summed E-state index contributed by atoms with van der Waals surface area (Å²) < 4.78 is 26.8. The second-order valence-corrected chi connectivity index (χ2v) is 10.6. The summed E-state index contributed by atoms with van der Waals surface area (Å²) in [7, 11) is 0. The van der Waals surface area contributed by atoms with Crippen LogP contribution in [0, 0.1) is 28.5 Å². The Morgan fingerprint density at radius 2 is 2.06 bits per heavy atom. The minimum atomic E-state index is -0.205. The van der Waals surface area contributed by atoms with Gasteiger partial charge in [0, 0.05) is 32.2 Å². The first kappa shape index (κ1) is 22.1. The van der Waals surface area contributed by atoms with Gasteiger partial charge >= 0.3 is 0 Å². The molecule has 1 spiro atoms. The van der Waals surface area contributed by atoms with Crippen molar-refractivity contribution in [3.8, 4) is 0 Å². The molecule has 2 saturated heterocycles. The molecule has 1 amide bonds. The highest BCUT2D eigenvalue weighted by Gasteiger charge is 2.68. The average molecular weight is 447 g/mol. The maximum Gasteiger partial charge on any atom is 0.222 e. The fraction of sp³-hybridized carbons (Fsp3) is 0.720. The third-order valence-corrected chi connectivity index (χ3v) is 8.80. The maximum absolute atomic E-state index is 15.2. The summed E-state index contributed by atoms with van der Waals surface area (Å²) in [5.41, 5.74) is 1.48. The average Bonchev–Trinajstić information content (AvgIpc) is 3.27. The Kier molecular flexibility index (Phi) is 5.71. The van der Waals surface area contributed by atoms with E-state index in [9.17, 15) is 9.90 Å². The van der Waals surface area contributed by atoms with Crippen LogP contribution in [0.25, 0.3) is 0 Å². The number of rotatable bonds is 5. The largest absolute Gasteiger partial charge is 0.396 e. The topological polar surface area (TPSA) is 71.0 Å². The number of ether oxygens (including phenoxy) is 2. The molecule has 4 aliphatic rings. The van der Waals surface area contributed by atoms with Gasteiger partial charge < -0.3 is 24.8 Å². The number of halogens is 1. The zero-order valence-corrected chi connectivity index (χ0v) is 19.1. The van der Waals surface area contributed by atoms with Gasteiger partial charge in [0.25, 0.3) is 0 Å². The van der Waals surface area contributed by atoms with Crippen molar-refractivity contribution in [2.24, 2.45) is 22.7 Å². The molecule has 2 aliphatic carbocycles. The van der Waals surface area contributed by atoms with E-state index in [1.165, 1.54) is 0 Å². The number of fused-ring (bicyclic) bond motifs is 1. The Morgan fingerprint density at radius 1 is 1.28 bits per heavy atom. The van der Waals surface area contributed by atoms with E-state index in [0.717, 1.165) is 24.8 Å². The lowest BCUT2D eigenvalue weighted by Gasteiger charge is -2.53. The molecule has 6 nitrogen and oxygen atoms in total. The monoisotopic (exact) mass is 446 g/mol. The van der Waals surface area contributed by atoms with Gasteiger partial charge in [-0.05, 0) is 59.6 Å². The molecule has 4 fully saturated rings. The van der Waals surface area contributed by atoms with Gasteiger partial charge in [-0.2, -0.15) is 0 Å². The van der Waals surface area contributed by atoms with Crippen LogP contribution in [0.1, 0.15) is 51.2 Å². The van der Waals surface area contributed by atoms with Crippen molar-refractivity contribution in [3.63, 3.8) is 0 Å². The molecular formula is C25H35FN2O4. The number of nitrogens with one attached hydrogen (secondary N) is 1. The van der Waals surface area contributed by atoms with E-state index in [0.29, 0.717) is 44.5 Å². The van der Waals surface area contributed by atoms with E-state index >= 15 is 4.39 Å². The van der Waals surface area contributed by atoms with Crippen LogP contribution in [0.15, 0.2) is 18.2 Å². The van der Waals surface area contributed by atoms with Crippen molar-refractivity contribution in [1.82, 2.24) is 5.32 Å². The fourth-order valence-electron chi connectivity index (χ4n) is 7.21. The van der Waals surface area contributed by atoms with Gasteiger partial charge in [-0.1, -0.05) is 19.9 Å². The van der Waals surface area contributed by atoms with Gasteiger partial charge in [0.05, 0.1) is 31.6 Å². The minimum absolute atomic E-state index is 0.00501. The Bertz CT molecular complexity index is 871. The van der Waals surface area contributed by atoms with Crippen molar-refractivity contribution in [2.75, 3.05) is 44.4 Å². The molecule has 5 rings (SSSR count). The quantitative estimate of drug-likeness (QED) is 0.728. The molecular weight excluding hydrogens is 411 g/mol. The second kappa shape index (κ2) is 8.26. The number of benzene rings is 1. The number of aliphatic hydroxyl groups is 1. The van der Waals surface area contributed by atoms with Gasteiger partial charge in [0.2, 0.25) is 5.91 Å². The van der Waals surface area contributed by atoms with Crippen molar-refractivity contribution >= 4 is 11.6 Å². The SMILES string of the molecule is CC1(C)[C@@H]2C[C@@H]3[C@@H](c4ccc(N5CCOCC5)c(F)c4)OCCC3(C2)[C@H]1NC(=O)CCO.